The van der Waals surface area contributed by atoms with Gasteiger partial charge in [-0.25, -0.2) is 18.1 Å². The van der Waals surface area contributed by atoms with Crippen molar-refractivity contribution >= 4 is 24.3 Å². The Balaban J connectivity index is 6.59. The molecule has 158 valence electrons. The van der Waals surface area contributed by atoms with Gasteiger partial charge in [0.15, 0.2) is 22.4 Å². The van der Waals surface area contributed by atoms with Crippen LogP contribution in [0.1, 0.15) is 0 Å². The zero-order valence-electron chi connectivity index (χ0n) is 17.7. The van der Waals surface area contributed by atoms with Crippen LogP contribution in [0, 0.1) is 0 Å². The number of rotatable bonds is 10. The van der Waals surface area contributed by atoms with Crippen LogP contribution in [0.5, 0.6) is 0 Å². The minimum absolute atomic E-state index is 0.654. The Hall–Kier alpha value is 0.530. The van der Waals surface area contributed by atoms with Crippen molar-refractivity contribution in [2.75, 3.05) is 77.5 Å². The molecular formula is C12H36N7O4P3. The summed E-state index contributed by atoms with van der Waals surface area (Å²) in [6, 6.07) is 0. The SMILES string of the molecule is CN(C)C(N(C)C)(N(C)C)N(C)P(=NPOP(=O)(O)O)(N(C)C)N(C)C. The van der Waals surface area contributed by atoms with Crippen molar-refractivity contribution in [3.8, 4) is 0 Å². The molecule has 0 radical (unpaired) electrons. The molecule has 0 fully saturated rings. The van der Waals surface area contributed by atoms with E-state index in [2.05, 4.69) is 28.2 Å². The summed E-state index contributed by atoms with van der Waals surface area (Å²) in [7, 11) is 13.6. The van der Waals surface area contributed by atoms with E-state index in [0.717, 1.165) is 0 Å². The zero-order chi connectivity index (χ0) is 21.1. The number of hydrogen-bond donors (Lipinski definition) is 2. The lowest BCUT2D eigenvalue weighted by molar-refractivity contribution is -0.179. The molecule has 0 aliphatic heterocycles. The lowest BCUT2D eigenvalue weighted by atomic mass is 10.4. The minimum Gasteiger partial charge on any atom is -0.302 e. The Bertz CT molecular complexity index is 517. The molecule has 1 unspecified atom stereocenters. The van der Waals surface area contributed by atoms with E-state index < -0.39 is 30.2 Å². The molecule has 0 aliphatic carbocycles. The van der Waals surface area contributed by atoms with Crippen LogP contribution >= 0.6 is 24.3 Å². The summed E-state index contributed by atoms with van der Waals surface area (Å²) in [4.78, 5) is 24.3. The second-order valence-corrected chi connectivity index (χ2v) is 12.8. The summed E-state index contributed by atoms with van der Waals surface area (Å²) < 4.78 is 26.5. The Labute approximate surface area is 160 Å². The molecule has 0 aromatic carbocycles. The summed E-state index contributed by atoms with van der Waals surface area (Å²) in [6.45, 7) is 0. The molecular weight excluding hydrogens is 399 g/mol. The average molecular weight is 435 g/mol. The highest BCUT2D eigenvalue weighted by molar-refractivity contribution is 7.65. The summed E-state index contributed by atoms with van der Waals surface area (Å²) in [5, 5.41) is 0. The first-order valence-corrected chi connectivity index (χ1v) is 11.8. The molecule has 0 aromatic rings. The molecule has 11 nitrogen and oxygen atoms in total. The maximum atomic E-state index is 11.1. The van der Waals surface area contributed by atoms with Crippen LogP contribution in [0.25, 0.3) is 0 Å². The molecule has 0 aliphatic rings. The lowest BCUT2D eigenvalue weighted by Crippen LogP contribution is -2.72. The minimum atomic E-state index is -4.59. The predicted molar refractivity (Wildman–Crippen MR) is 110 cm³/mol. The third-order valence-corrected chi connectivity index (χ3v) is 9.94. The van der Waals surface area contributed by atoms with Gasteiger partial charge < -0.3 is 9.79 Å². The summed E-state index contributed by atoms with van der Waals surface area (Å²) in [6.07, 6.45) is 0. The van der Waals surface area contributed by atoms with E-state index in [1.54, 1.807) is 0 Å². The maximum Gasteiger partial charge on any atom is 0.474 e. The zero-order valence-corrected chi connectivity index (χ0v) is 20.5. The highest BCUT2D eigenvalue weighted by atomic mass is 31.2. The van der Waals surface area contributed by atoms with Crippen LogP contribution in [0.15, 0.2) is 4.52 Å². The molecule has 14 heteroatoms. The van der Waals surface area contributed by atoms with Gasteiger partial charge in [0.2, 0.25) is 0 Å². The van der Waals surface area contributed by atoms with Crippen molar-refractivity contribution in [3.05, 3.63) is 0 Å². The number of hydrogen-bond acceptors (Lipinski definition) is 6. The van der Waals surface area contributed by atoms with Crippen LogP contribution in [0.4, 0.5) is 0 Å². The van der Waals surface area contributed by atoms with Crippen molar-refractivity contribution in [2.45, 2.75) is 5.91 Å². The van der Waals surface area contributed by atoms with E-state index in [-0.39, 0.29) is 0 Å². The molecule has 0 heterocycles. The molecule has 0 amide bonds. The average Bonchev–Trinajstić information content (AvgIpc) is 2.40. The van der Waals surface area contributed by atoms with Gasteiger partial charge in [-0.2, -0.15) is 0 Å². The largest absolute Gasteiger partial charge is 0.474 e. The van der Waals surface area contributed by atoms with Crippen molar-refractivity contribution in [3.63, 3.8) is 0 Å². The second-order valence-electron chi connectivity index (χ2n) is 6.81. The fourth-order valence-electron chi connectivity index (χ4n) is 3.51. The van der Waals surface area contributed by atoms with Gasteiger partial charge in [-0.1, -0.05) is 0 Å². The lowest BCUT2D eigenvalue weighted by Gasteiger charge is -2.59. The van der Waals surface area contributed by atoms with E-state index in [1.807, 2.05) is 86.9 Å². The maximum absolute atomic E-state index is 11.1. The highest BCUT2D eigenvalue weighted by Crippen LogP contribution is 2.63. The van der Waals surface area contributed by atoms with Crippen molar-refractivity contribution < 1.29 is 18.7 Å². The Morgan fingerprint density at radius 3 is 1.38 bits per heavy atom. The van der Waals surface area contributed by atoms with Crippen LogP contribution < -0.4 is 0 Å². The highest BCUT2D eigenvalue weighted by Gasteiger charge is 2.50. The quantitative estimate of drug-likeness (QED) is 0.380. The van der Waals surface area contributed by atoms with E-state index in [9.17, 15) is 4.57 Å². The molecule has 0 aromatic heterocycles. The van der Waals surface area contributed by atoms with E-state index >= 15 is 0 Å². The first kappa shape index (κ1) is 26.5. The van der Waals surface area contributed by atoms with Gasteiger partial charge in [0.05, 0.1) is 0 Å². The van der Waals surface area contributed by atoms with Gasteiger partial charge in [-0.3, -0.25) is 24.0 Å². The molecule has 0 saturated heterocycles. The molecule has 0 bridgehead atoms. The first-order valence-electron chi connectivity index (χ1n) is 7.81. The fourth-order valence-corrected chi connectivity index (χ4v) is 9.51. The van der Waals surface area contributed by atoms with Crippen LogP contribution in [0.2, 0.25) is 0 Å². The van der Waals surface area contributed by atoms with Gasteiger partial charge in [-0.05, 0) is 77.5 Å². The van der Waals surface area contributed by atoms with Gasteiger partial charge in [0, 0.05) is 0 Å². The van der Waals surface area contributed by atoms with Crippen LogP contribution in [-0.2, 0) is 8.88 Å². The topological polar surface area (TPSA) is 98.6 Å². The number of nitrogens with zero attached hydrogens (tertiary/aromatic N) is 7. The summed E-state index contributed by atoms with van der Waals surface area (Å²) in [5.74, 6) is -0.654. The van der Waals surface area contributed by atoms with E-state index in [0.29, 0.717) is 0 Å². The smallest absolute Gasteiger partial charge is 0.302 e. The summed E-state index contributed by atoms with van der Waals surface area (Å²) >= 11 is 0. The normalized spacial score (nSPS) is 15.0. The van der Waals surface area contributed by atoms with Gasteiger partial charge >= 0.3 is 7.82 Å². The van der Waals surface area contributed by atoms with Crippen molar-refractivity contribution in [2.24, 2.45) is 4.52 Å². The third-order valence-electron chi connectivity index (χ3n) is 4.04. The third kappa shape index (κ3) is 5.32. The van der Waals surface area contributed by atoms with Crippen LogP contribution in [0.3, 0.4) is 0 Å². The monoisotopic (exact) mass is 435 g/mol. The van der Waals surface area contributed by atoms with Crippen molar-refractivity contribution in [1.29, 1.82) is 0 Å². The predicted octanol–water partition coefficient (Wildman–Crippen LogP) is 0.902. The van der Waals surface area contributed by atoms with Gasteiger partial charge in [-0.15, -0.1) is 0 Å². The molecule has 0 rings (SSSR count). The second kappa shape index (κ2) is 9.83. The van der Waals surface area contributed by atoms with Gasteiger partial charge in [0.1, 0.15) is 0 Å². The Morgan fingerprint density at radius 1 is 0.808 bits per heavy atom. The number of phosphoric acid groups is 1. The Kier molecular flexibility index (Phi) is 10.0. The van der Waals surface area contributed by atoms with Crippen molar-refractivity contribution in [1.82, 2.24) is 28.7 Å². The molecule has 0 spiro atoms. The molecule has 2 N–H and O–H groups in total. The Morgan fingerprint density at radius 2 is 1.15 bits per heavy atom. The van der Waals surface area contributed by atoms with E-state index in [1.165, 1.54) is 0 Å². The summed E-state index contributed by atoms with van der Waals surface area (Å²) in [5.41, 5.74) is 0. The molecule has 1 atom stereocenters. The fraction of sp³-hybridized carbons (Fsp3) is 1.00. The standard InChI is InChI=1S/C12H36N7O4P3/c1-14(2)12(15(3)4,16(5)6)19(11)25(17(7)8,18(9)10)13-24-23-26(20,21)22/h24H,1-11H3,(H2,20,21,22). The first-order chi connectivity index (χ1) is 11.6. The van der Waals surface area contributed by atoms with E-state index in [4.69, 9.17) is 9.79 Å². The van der Waals surface area contributed by atoms with Crippen LogP contribution in [-0.4, -0.2) is 122 Å². The molecule has 26 heavy (non-hydrogen) atoms. The molecule has 0 saturated carbocycles. The van der Waals surface area contributed by atoms with Gasteiger partial charge in [0.25, 0.3) is 0 Å².